The van der Waals surface area contributed by atoms with Gasteiger partial charge in [0.15, 0.2) is 0 Å². The third-order valence-corrected chi connectivity index (χ3v) is 3.15. The molecule has 0 amide bonds. The van der Waals surface area contributed by atoms with E-state index in [9.17, 15) is 4.79 Å². The average Bonchev–Trinajstić information content (AvgIpc) is 2.24. The van der Waals surface area contributed by atoms with Crippen molar-refractivity contribution in [3.8, 4) is 11.8 Å². The minimum Gasteiger partial charge on any atom is -0.304 e. The highest BCUT2D eigenvalue weighted by molar-refractivity contribution is 5.79. The third-order valence-electron chi connectivity index (χ3n) is 3.15. The number of ketones is 1. The maximum Gasteiger partial charge on any atom is 0.135 e. The van der Waals surface area contributed by atoms with Crippen LogP contribution in [-0.2, 0) is 4.79 Å². The summed E-state index contributed by atoms with van der Waals surface area (Å²) in [6.45, 7) is 4.97. The van der Waals surface area contributed by atoms with Crippen molar-refractivity contribution in [2.24, 2.45) is 0 Å². The summed E-state index contributed by atoms with van der Waals surface area (Å²) in [7, 11) is 4.23. The number of hydrogen-bond donors (Lipinski definition) is 0. The summed E-state index contributed by atoms with van der Waals surface area (Å²) in [5.41, 5.74) is 0. The summed E-state index contributed by atoms with van der Waals surface area (Å²) in [6.07, 6.45) is 1.99. The van der Waals surface area contributed by atoms with Gasteiger partial charge in [0.1, 0.15) is 5.78 Å². The first-order chi connectivity index (χ1) is 7.63. The molecule has 0 aliphatic carbocycles. The van der Waals surface area contributed by atoms with Crippen LogP contribution in [0.25, 0.3) is 0 Å². The Kier molecular flexibility index (Phi) is 5.51. The van der Waals surface area contributed by atoms with Crippen LogP contribution in [-0.4, -0.2) is 55.4 Å². The van der Waals surface area contributed by atoms with Gasteiger partial charge in [-0.2, -0.15) is 0 Å². The molecule has 16 heavy (non-hydrogen) atoms. The van der Waals surface area contributed by atoms with Gasteiger partial charge in [-0.05, 0) is 21.0 Å². The second-order valence-electron chi connectivity index (χ2n) is 4.57. The van der Waals surface area contributed by atoms with E-state index in [2.05, 4.69) is 35.7 Å². The van der Waals surface area contributed by atoms with E-state index in [0.717, 1.165) is 19.6 Å². The second kappa shape index (κ2) is 6.67. The number of carbonyl (C=O) groups excluding carboxylic acids is 1. The van der Waals surface area contributed by atoms with Crippen molar-refractivity contribution in [2.45, 2.75) is 32.2 Å². The Balaban J connectivity index is 2.33. The van der Waals surface area contributed by atoms with E-state index < -0.39 is 0 Å². The molecule has 1 aliphatic heterocycles. The Labute approximate surface area is 98.8 Å². The largest absolute Gasteiger partial charge is 0.304 e. The van der Waals surface area contributed by atoms with Crippen LogP contribution in [0.15, 0.2) is 0 Å². The van der Waals surface area contributed by atoms with Crippen LogP contribution in [0.1, 0.15) is 26.2 Å². The molecule has 1 fully saturated rings. The summed E-state index contributed by atoms with van der Waals surface area (Å²) in [5, 5.41) is 0. The SMILES string of the molecule is CC#CCCC(=O)CC1CN(C)CCN1C. The van der Waals surface area contributed by atoms with E-state index in [1.54, 1.807) is 0 Å². The van der Waals surface area contributed by atoms with Crippen molar-refractivity contribution in [3.63, 3.8) is 0 Å². The predicted molar refractivity (Wildman–Crippen MR) is 66.2 cm³/mol. The predicted octanol–water partition coefficient (Wildman–Crippen LogP) is 0.995. The number of carbonyl (C=O) groups is 1. The Morgan fingerprint density at radius 1 is 1.38 bits per heavy atom. The molecule has 0 radical (unpaired) electrons. The van der Waals surface area contributed by atoms with Crippen LogP contribution < -0.4 is 0 Å². The fourth-order valence-corrected chi connectivity index (χ4v) is 2.01. The van der Waals surface area contributed by atoms with Crippen molar-refractivity contribution < 1.29 is 4.79 Å². The monoisotopic (exact) mass is 222 g/mol. The molecule has 1 unspecified atom stereocenters. The van der Waals surface area contributed by atoms with E-state index in [1.165, 1.54) is 0 Å². The van der Waals surface area contributed by atoms with Gasteiger partial charge in [-0.1, -0.05) is 0 Å². The van der Waals surface area contributed by atoms with Gasteiger partial charge in [0.25, 0.3) is 0 Å². The van der Waals surface area contributed by atoms with E-state index in [1.807, 2.05) is 6.92 Å². The Bertz CT molecular complexity index is 290. The molecule has 1 heterocycles. The molecule has 0 aromatic carbocycles. The standard InChI is InChI=1S/C13H22N2O/c1-4-5-6-7-13(16)10-12-11-14(2)8-9-15(12)3/h12H,6-11H2,1-3H3. The zero-order chi connectivity index (χ0) is 12.0. The van der Waals surface area contributed by atoms with Gasteiger partial charge in [0.2, 0.25) is 0 Å². The van der Waals surface area contributed by atoms with Crippen molar-refractivity contribution in [1.29, 1.82) is 0 Å². The molecule has 0 N–H and O–H groups in total. The molecule has 0 saturated carbocycles. The number of likely N-dealkylation sites (N-methyl/N-ethyl adjacent to an activating group) is 2. The highest BCUT2D eigenvalue weighted by Gasteiger charge is 2.23. The normalized spacial score (nSPS) is 22.6. The molecule has 3 nitrogen and oxygen atoms in total. The molecule has 0 bridgehead atoms. The zero-order valence-corrected chi connectivity index (χ0v) is 10.6. The van der Waals surface area contributed by atoms with Crippen molar-refractivity contribution in [2.75, 3.05) is 33.7 Å². The first kappa shape index (κ1) is 13.2. The summed E-state index contributed by atoms with van der Waals surface area (Å²) < 4.78 is 0. The lowest BCUT2D eigenvalue weighted by molar-refractivity contribution is -0.120. The molecule has 1 rings (SSSR count). The topological polar surface area (TPSA) is 23.6 Å². The first-order valence-electron chi connectivity index (χ1n) is 5.93. The number of rotatable bonds is 4. The summed E-state index contributed by atoms with van der Waals surface area (Å²) in [6, 6.07) is 0.390. The Hall–Kier alpha value is -0.850. The maximum absolute atomic E-state index is 11.7. The molecule has 0 aromatic rings. The van der Waals surface area contributed by atoms with Crippen LogP contribution in [0.3, 0.4) is 0 Å². The molecule has 1 aliphatic rings. The smallest absolute Gasteiger partial charge is 0.135 e. The van der Waals surface area contributed by atoms with E-state index in [0.29, 0.717) is 31.1 Å². The minimum atomic E-state index is 0.342. The summed E-state index contributed by atoms with van der Waals surface area (Å²) in [4.78, 5) is 16.3. The van der Waals surface area contributed by atoms with Gasteiger partial charge in [-0.25, -0.2) is 0 Å². The van der Waals surface area contributed by atoms with Crippen molar-refractivity contribution in [3.05, 3.63) is 0 Å². The van der Waals surface area contributed by atoms with E-state index >= 15 is 0 Å². The maximum atomic E-state index is 11.7. The Morgan fingerprint density at radius 2 is 2.12 bits per heavy atom. The lowest BCUT2D eigenvalue weighted by Crippen LogP contribution is -2.50. The molecule has 90 valence electrons. The van der Waals surface area contributed by atoms with Crippen molar-refractivity contribution in [1.82, 2.24) is 9.80 Å². The molecule has 1 atom stereocenters. The van der Waals surface area contributed by atoms with Crippen LogP contribution in [0, 0.1) is 11.8 Å². The molecular formula is C13H22N2O. The quantitative estimate of drug-likeness (QED) is 0.663. The Morgan fingerprint density at radius 3 is 2.81 bits per heavy atom. The zero-order valence-electron chi connectivity index (χ0n) is 10.6. The second-order valence-corrected chi connectivity index (χ2v) is 4.57. The first-order valence-corrected chi connectivity index (χ1v) is 5.93. The van der Waals surface area contributed by atoms with Crippen LogP contribution in [0.5, 0.6) is 0 Å². The van der Waals surface area contributed by atoms with Crippen LogP contribution >= 0.6 is 0 Å². The molecular weight excluding hydrogens is 200 g/mol. The number of piperazine rings is 1. The molecule has 0 spiro atoms. The van der Waals surface area contributed by atoms with Gasteiger partial charge in [-0.3, -0.25) is 4.79 Å². The minimum absolute atomic E-state index is 0.342. The molecule has 0 aromatic heterocycles. The lowest BCUT2D eigenvalue weighted by Gasteiger charge is -2.37. The van der Waals surface area contributed by atoms with E-state index in [-0.39, 0.29) is 0 Å². The lowest BCUT2D eigenvalue weighted by atomic mass is 10.0. The fourth-order valence-electron chi connectivity index (χ4n) is 2.01. The molecule has 1 saturated heterocycles. The number of nitrogens with zero attached hydrogens (tertiary/aromatic N) is 2. The molecule has 3 heteroatoms. The number of hydrogen-bond acceptors (Lipinski definition) is 3. The highest BCUT2D eigenvalue weighted by Crippen LogP contribution is 2.11. The van der Waals surface area contributed by atoms with Crippen LogP contribution in [0.2, 0.25) is 0 Å². The van der Waals surface area contributed by atoms with Gasteiger partial charge >= 0.3 is 0 Å². The van der Waals surface area contributed by atoms with Crippen LogP contribution in [0.4, 0.5) is 0 Å². The number of Topliss-reactive ketones (excluding diaryl/α,β-unsaturated/α-hetero) is 1. The summed E-state index contributed by atoms with van der Waals surface area (Å²) in [5.74, 6) is 6.11. The highest BCUT2D eigenvalue weighted by atomic mass is 16.1. The van der Waals surface area contributed by atoms with Crippen molar-refractivity contribution >= 4 is 5.78 Å². The van der Waals surface area contributed by atoms with Gasteiger partial charge in [-0.15, -0.1) is 11.8 Å². The van der Waals surface area contributed by atoms with Gasteiger partial charge in [0, 0.05) is 44.9 Å². The summed E-state index contributed by atoms with van der Waals surface area (Å²) >= 11 is 0. The fraction of sp³-hybridized carbons (Fsp3) is 0.769. The van der Waals surface area contributed by atoms with Gasteiger partial charge in [0.05, 0.1) is 0 Å². The van der Waals surface area contributed by atoms with Gasteiger partial charge < -0.3 is 9.80 Å². The van der Waals surface area contributed by atoms with E-state index in [4.69, 9.17) is 0 Å². The average molecular weight is 222 g/mol. The third kappa shape index (κ3) is 4.34.